The van der Waals surface area contributed by atoms with Gasteiger partial charge in [-0.25, -0.2) is 24.6 Å². The molecule has 5 atom stereocenters. The van der Waals surface area contributed by atoms with E-state index in [9.17, 15) is 9.18 Å². The second-order valence-electron chi connectivity index (χ2n) is 9.50. The van der Waals surface area contributed by atoms with Crippen molar-refractivity contribution in [1.29, 1.82) is 0 Å². The number of nitrogens with one attached hydrogen (secondary N) is 3. The topological polar surface area (TPSA) is 88.7 Å². The fourth-order valence-corrected chi connectivity index (χ4v) is 5.00. The number of likely N-dealkylation sites (tertiary alicyclic amines) is 1. The molecule has 0 bridgehead atoms. The lowest BCUT2D eigenvalue weighted by molar-refractivity contribution is 0.0502. The first-order valence-electron chi connectivity index (χ1n) is 10.6. The molecule has 3 aliphatic rings. The van der Waals surface area contributed by atoms with Crippen molar-refractivity contribution in [2.75, 3.05) is 32.0 Å². The van der Waals surface area contributed by atoms with Crippen LogP contribution in [0.5, 0.6) is 0 Å². The highest BCUT2D eigenvalue weighted by Gasteiger charge is 2.56. The first-order valence-corrected chi connectivity index (χ1v) is 10.6. The van der Waals surface area contributed by atoms with Crippen molar-refractivity contribution in [3.8, 4) is 0 Å². The number of anilines is 1. The summed E-state index contributed by atoms with van der Waals surface area (Å²) in [5.74, 6) is 0.254. The predicted molar refractivity (Wildman–Crippen MR) is 112 cm³/mol. The largest absolute Gasteiger partial charge is 0.351 e. The van der Waals surface area contributed by atoms with E-state index in [0.717, 1.165) is 13.1 Å². The fourth-order valence-electron chi connectivity index (χ4n) is 5.00. The van der Waals surface area contributed by atoms with Crippen molar-refractivity contribution in [3.05, 3.63) is 17.8 Å². The normalized spacial score (nSPS) is 33.6. The van der Waals surface area contributed by atoms with Crippen LogP contribution in [0.1, 0.15) is 33.5 Å². The van der Waals surface area contributed by atoms with E-state index in [1.807, 2.05) is 9.80 Å². The summed E-state index contributed by atoms with van der Waals surface area (Å²) in [6, 6.07) is 0.596. The molecule has 10 heteroatoms. The molecule has 3 saturated heterocycles. The number of urea groups is 1. The van der Waals surface area contributed by atoms with Crippen molar-refractivity contribution in [1.82, 2.24) is 35.5 Å². The van der Waals surface area contributed by atoms with E-state index in [1.54, 1.807) is 6.92 Å². The van der Waals surface area contributed by atoms with Crippen LogP contribution < -0.4 is 16.2 Å². The van der Waals surface area contributed by atoms with Gasteiger partial charge >= 0.3 is 6.03 Å². The van der Waals surface area contributed by atoms with Gasteiger partial charge in [0, 0.05) is 37.6 Å². The number of halogens is 1. The summed E-state index contributed by atoms with van der Waals surface area (Å²) in [6.07, 6.45) is 0.925. The van der Waals surface area contributed by atoms with Gasteiger partial charge in [-0.1, -0.05) is 0 Å². The van der Waals surface area contributed by atoms with E-state index in [4.69, 9.17) is 0 Å². The molecule has 0 aliphatic carbocycles. The van der Waals surface area contributed by atoms with Crippen LogP contribution in [0, 0.1) is 18.7 Å². The molecular formula is C20H33FN8O. The van der Waals surface area contributed by atoms with Gasteiger partial charge in [-0.15, -0.1) is 0 Å². The Morgan fingerprint density at radius 2 is 1.97 bits per heavy atom. The maximum absolute atomic E-state index is 14.2. The van der Waals surface area contributed by atoms with Crippen molar-refractivity contribution in [2.24, 2.45) is 5.92 Å². The van der Waals surface area contributed by atoms with Crippen LogP contribution in [0.15, 0.2) is 6.20 Å². The Morgan fingerprint density at radius 3 is 2.70 bits per heavy atom. The number of nitrogens with zero attached hydrogens (tertiary/aromatic N) is 5. The van der Waals surface area contributed by atoms with Gasteiger partial charge in [0.25, 0.3) is 0 Å². The number of hydrogen-bond acceptors (Lipinski definition) is 7. The maximum atomic E-state index is 14.2. The molecule has 2 amide bonds. The number of hydrogen-bond donors (Lipinski definition) is 3. The van der Waals surface area contributed by atoms with Crippen LogP contribution in [0.3, 0.4) is 0 Å². The molecule has 30 heavy (non-hydrogen) atoms. The molecule has 1 aromatic heterocycles. The van der Waals surface area contributed by atoms with Crippen LogP contribution in [-0.4, -0.2) is 87.2 Å². The third-order valence-corrected chi connectivity index (χ3v) is 7.03. The second-order valence-corrected chi connectivity index (χ2v) is 9.50. The zero-order valence-electron chi connectivity index (χ0n) is 18.6. The van der Waals surface area contributed by atoms with Gasteiger partial charge in [0.1, 0.15) is 5.82 Å². The van der Waals surface area contributed by atoms with Crippen LogP contribution in [0.4, 0.5) is 15.0 Å². The molecule has 0 aromatic carbocycles. The number of likely N-dealkylation sites (N-methyl/N-ethyl adjacent to an activating group) is 1. The quantitative estimate of drug-likeness (QED) is 0.658. The molecule has 1 aromatic rings. The molecule has 0 spiro atoms. The summed E-state index contributed by atoms with van der Waals surface area (Å²) in [5, 5.41) is 3.16. The third kappa shape index (κ3) is 3.50. The van der Waals surface area contributed by atoms with Gasteiger partial charge in [0.05, 0.1) is 23.9 Å². The van der Waals surface area contributed by atoms with Crippen LogP contribution in [0.2, 0.25) is 0 Å². The number of carbonyl (C=O) groups excluding carboxylic acids is 1. The SMILES string of the molecule is Cc1ncc(F)c(NC2NNC3C2CN(C(=O)N2C[C@H](C)N(C)C[C@@H]2C)C3(C)C)n1. The zero-order chi connectivity index (χ0) is 21.8. The highest BCUT2D eigenvalue weighted by Crippen LogP contribution is 2.38. The number of carbonyl (C=O) groups is 1. The van der Waals surface area contributed by atoms with Gasteiger partial charge in [0.15, 0.2) is 11.6 Å². The monoisotopic (exact) mass is 420 g/mol. The first kappa shape index (κ1) is 21.2. The van der Waals surface area contributed by atoms with E-state index >= 15 is 0 Å². The Balaban J connectivity index is 1.51. The number of fused-ring (bicyclic) bond motifs is 1. The number of piperazine rings is 1. The molecule has 3 fully saturated rings. The highest BCUT2D eigenvalue weighted by atomic mass is 19.1. The maximum Gasteiger partial charge on any atom is 0.320 e. The standard InChI is InChI=1S/C20H33FN8O/c1-11-9-28(12(2)8-27(11)6)19(30)29-10-14-16(20(29,4)5)25-26-17(14)24-18-15(21)7-22-13(3)23-18/h7,11-12,14,16-17,25-26H,8-10H2,1-6H3,(H,22,23,24)/t11-,12-,14?,16?,17?/m0/s1. The van der Waals surface area contributed by atoms with E-state index in [-0.39, 0.29) is 36.0 Å². The Bertz CT molecular complexity index is 820. The molecule has 9 nitrogen and oxygen atoms in total. The molecule has 0 radical (unpaired) electrons. The number of amides is 2. The predicted octanol–water partition coefficient (Wildman–Crippen LogP) is 0.993. The zero-order valence-corrected chi connectivity index (χ0v) is 18.6. The van der Waals surface area contributed by atoms with E-state index in [1.165, 1.54) is 6.20 Å². The summed E-state index contributed by atoms with van der Waals surface area (Å²) in [5.41, 5.74) is 6.16. The first-order chi connectivity index (χ1) is 14.1. The van der Waals surface area contributed by atoms with Crippen LogP contribution >= 0.6 is 0 Å². The molecule has 166 valence electrons. The van der Waals surface area contributed by atoms with Crippen molar-refractivity contribution in [2.45, 2.75) is 64.4 Å². The third-order valence-electron chi connectivity index (χ3n) is 7.03. The average molecular weight is 421 g/mol. The Labute approximate surface area is 177 Å². The summed E-state index contributed by atoms with van der Waals surface area (Å²) < 4.78 is 14.2. The van der Waals surface area contributed by atoms with E-state index in [0.29, 0.717) is 18.4 Å². The summed E-state index contributed by atoms with van der Waals surface area (Å²) in [6.45, 7) is 12.3. The van der Waals surface area contributed by atoms with Crippen molar-refractivity contribution < 1.29 is 9.18 Å². The molecule has 4 heterocycles. The molecule has 0 saturated carbocycles. The summed E-state index contributed by atoms with van der Waals surface area (Å²) in [4.78, 5) is 27.9. The fraction of sp³-hybridized carbons (Fsp3) is 0.750. The van der Waals surface area contributed by atoms with E-state index in [2.05, 4.69) is 65.8 Å². The number of aromatic nitrogens is 2. The minimum Gasteiger partial charge on any atom is -0.351 e. The van der Waals surface area contributed by atoms with Gasteiger partial charge in [0.2, 0.25) is 0 Å². The molecule has 3 aliphatic heterocycles. The molecule has 3 N–H and O–H groups in total. The minimum atomic E-state index is -0.490. The summed E-state index contributed by atoms with van der Waals surface area (Å²) in [7, 11) is 2.10. The van der Waals surface area contributed by atoms with Gasteiger partial charge in [-0.05, 0) is 41.7 Å². The Morgan fingerprint density at radius 1 is 1.23 bits per heavy atom. The molecular weight excluding hydrogens is 387 g/mol. The Kier molecular flexibility index (Phi) is 5.36. The molecule has 4 rings (SSSR count). The molecule has 3 unspecified atom stereocenters. The number of rotatable bonds is 2. The lowest BCUT2D eigenvalue weighted by atomic mass is 9.90. The average Bonchev–Trinajstić information content (AvgIpc) is 3.19. The van der Waals surface area contributed by atoms with Crippen LogP contribution in [-0.2, 0) is 0 Å². The van der Waals surface area contributed by atoms with Crippen LogP contribution in [0.25, 0.3) is 0 Å². The smallest absolute Gasteiger partial charge is 0.320 e. The highest BCUT2D eigenvalue weighted by molar-refractivity contribution is 5.76. The lowest BCUT2D eigenvalue weighted by Gasteiger charge is -2.46. The number of hydrazine groups is 1. The Hall–Kier alpha value is -2.04. The second kappa shape index (κ2) is 7.58. The van der Waals surface area contributed by atoms with E-state index < -0.39 is 11.4 Å². The van der Waals surface area contributed by atoms with Gasteiger partial charge in [-0.2, -0.15) is 0 Å². The van der Waals surface area contributed by atoms with Crippen molar-refractivity contribution >= 4 is 11.8 Å². The number of aryl methyl sites for hydroxylation is 1. The lowest BCUT2D eigenvalue weighted by Crippen LogP contribution is -2.63. The van der Waals surface area contributed by atoms with Gasteiger partial charge < -0.3 is 15.1 Å². The summed E-state index contributed by atoms with van der Waals surface area (Å²) >= 11 is 0. The van der Waals surface area contributed by atoms with Crippen molar-refractivity contribution in [3.63, 3.8) is 0 Å². The van der Waals surface area contributed by atoms with Gasteiger partial charge in [-0.3, -0.25) is 10.3 Å². The minimum absolute atomic E-state index is 0.0325.